The summed E-state index contributed by atoms with van der Waals surface area (Å²) >= 11 is 1.40. The van der Waals surface area contributed by atoms with Gasteiger partial charge in [0.2, 0.25) is 5.76 Å². The van der Waals surface area contributed by atoms with Crippen LogP contribution in [0.4, 0.5) is 9.52 Å². The van der Waals surface area contributed by atoms with Crippen molar-refractivity contribution >= 4 is 43.6 Å². The van der Waals surface area contributed by atoms with Gasteiger partial charge in [0, 0.05) is 0 Å². The number of benzene rings is 3. The molecule has 2 aromatic heterocycles. The number of anilines is 1. The third-order valence-corrected chi connectivity index (χ3v) is 7.02. The van der Waals surface area contributed by atoms with Crippen LogP contribution >= 0.6 is 11.3 Å². The first-order valence-electron chi connectivity index (χ1n) is 10.6. The molecule has 0 saturated heterocycles. The second kappa shape index (κ2) is 7.35. The predicted molar refractivity (Wildman–Crippen MR) is 127 cm³/mol. The summed E-state index contributed by atoms with van der Waals surface area (Å²) < 4.78 is 20.8. The molecule has 0 fully saturated rings. The summed E-state index contributed by atoms with van der Waals surface area (Å²) in [6, 6.07) is 18.4. The summed E-state index contributed by atoms with van der Waals surface area (Å²) in [5.74, 6) is -0.997. The van der Waals surface area contributed by atoms with Gasteiger partial charge in [-0.25, -0.2) is 9.37 Å². The Balaban J connectivity index is 1.62. The van der Waals surface area contributed by atoms with Gasteiger partial charge < -0.3 is 4.42 Å². The van der Waals surface area contributed by atoms with Crippen molar-refractivity contribution in [2.45, 2.75) is 19.4 Å². The molecule has 0 saturated carbocycles. The summed E-state index contributed by atoms with van der Waals surface area (Å²) in [7, 11) is 0. The highest BCUT2D eigenvalue weighted by Gasteiger charge is 2.45. The van der Waals surface area contributed by atoms with Crippen LogP contribution in [0.3, 0.4) is 0 Å². The highest BCUT2D eigenvalue weighted by molar-refractivity contribution is 7.22. The second-order valence-corrected chi connectivity index (χ2v) is 8.96. The van der Waals surface area contributed by atoms with Gasteiger partial charge >= 0.3 is 0 Å². The molecular weight excluding hydrogens is 439 g/mol. The zero-order valence-corrected chi connectivity index (χ0v) is 18.4. The van der Waals surface area contributed by atoms with Gasteiger partial charge in [0.25, 0.3) is 5.91 Å². The summed E-state index contributed by atoms with van der Waals surface area (Å²) in [5.41, 5.74) is 2.69. The Bertz CT molecular complexity index is 1620. The molecule has 0 bridgehead atoms. The topological polar surface area (TPSA) is 63.4 Å². The summed E-state index contributed by atoms with van der Waals surface area (Å²) in [6.07, 6.45) is 0.894. The number of thiazole rings is 1. The molecule has 3 aromatic carbocycles. The van der Waals surface area contributed by atoms with Gasteiger partial charge in [-0.2, -0.15) is 0 Å². The predicted octanol–water partition coefficient (Wildman–Crippen LogP) is 5.85. The summed E-state index contributed by atoms with van der Waals surface area (Å²) in [4.78, 5) is 33.4. The Morgan fingerprint density at radius 1 is 1.06 bits per heavy atom. The van der Waals surface area contributed by atoms with Crippen LogP contribution < -0.4 is 10.3 Å². The number of amides is 1. The molecule has 0 aliphatic carbocycles. The van der Waals surface area contributed by atoms with Gasteiger partial charge in [-0.05, 0) is 47.9 Å². The van der Waals surface area contributed by atoms with Crippen molar-refractivity contribution in [1.82, 2.24) is 4.98 Å². The lowest BCUT2D eigenvalue weighted by Crippen LogP contribution is -2.29. The maximum absolute atomic E-state index is 13.9. The largest absolute Gasteiger partial charge is 0.450 e. The van der Waals surface area contributed by atoms with Crippen LogP contribution in [0.15, 0.2) is 75.9 Å². The molecule has 1 aliphatic rings. The van der Waals surface area contributed by atoms with Gasteiger partial charge in [-0.3, -0.25) is 14.5 Å². The first-order valence-corrected chi connectivity index (χ1v) is 11.4. The molecular formula is C26H17FN2O3S. The van der Waals surface area contributed by atoms with Crippen LogP contribution in [0.2, 0.25) is 0 Å². The lowest BCUT2D eigenvalue weighted by atomic mass is 9.99. The van der Waals surface area contributed by atoms with Crippen LogP contribution in [-0.2, 0) is 6.42 Å². The SMILES string of the molecule is CCc1ccc2nc(N3C(=O)c4oc5ccc(F)cc5c(=O)c4C3c3ccccc3)sc2c1. The van der Waals surface area contributed by atoms with E-state index in [9.17, 15) is 14.0 Å². The van der Waals surface area contributed by atoms with E-state index in [-0.39, 0.29) is 22.3 Å². The number of aryl methyl sites for hydroxylation is 1. The summed E-state index contributed by atoms with van der Waals surface area (Å²) in [6.45, 7) is 2.08. The number of fused-ring (bicyclic) bond motifs is 3. The van der Waals surface area contributed by atoms with Crippen molar-refractivity contribution in [2.75, 3.05) is 4.90 Å². The standard InChI is InChI=1S/C26H17FN2O3S/c1-2-14-8-10-18-20(12-14)33-26(28-18)29-22(15-6-4-3-5-7-15)21-23(30)17-13-16(27)9-11-19(17)32-24(21)25(29)31/h3-13,22H,2H2,1H3. The van der Waals surface area contributed by atoms with E-state index >= 15 is 0 Å². The first kappa shape index (κ1) is 19.8. The normalized spacial score (nSPS) is 15.5. The third-order valence-electron chi connectivity index (χ3n) is 6.00. The van der Waals surface area contributed by atoms with Gasteiger partial charge in [0.15, 0.2) is 10.6 Å². The zero-order valence-electron chi connectivity index (χ0n) is 17.5. The van der Waals surface area contributed by atoms with E-state index in [2.05, 4.69) is 13.0 Å². The van der Waals surface area contributed by atoms with E-state index in [1.807, 2.05) is 42.5 Å². The number of hydrogen-bond acceptors (Lipinski definition) is 5. The maximum atomic E-state index is 13.9. The molecule has 0 N–H and O–H groups in total. The number of carbonyl (C=O) groups excluding carboxylic acids is 1. The van der Waals surface area contributed by atoms with Gasteiger partial charge in [0.05, 0.1) is 27.2 Å². The first-order chi connectivity index (χ1) is 16.0. The average molecular weight is 456 g/mol. The molecule has 6 rings (SSSR count). The fraction of sp³-hybridized carbons (Fsp3) is 0.115. The van der Waals surface area contributed by atoms with Gasteiger partial charge in [-0.1, -0.05) is 54.7 Å². The number of rotatable bonds is 3. The smallest absolute Gasteiger partial charge is 0.297 e. The maximum Gasteiger partial charge on any atom is 0.297 e. The number of nitrogens with zero attached hydrogens (tertiary/aromatic N) is 2. The van der Waals surface area contributed by atoms with Crippen molar-refractivity contribution in [3.63, 3.8) is 0 Å². The van der Waals surface area contributed by atoms with E-state index in [1.54, 1.807) is 0 Å². The molecule has 0 radical (unpaired) electrons. The number of carbonyl (C=O) groups is 1. The molecule has 5 aromatic rings. The Kier molecular flexibility index (Phi) is 4.41. The van der Waals surface area contributed by atoms with Crippen molar-refractivity contribution in [3.8, 4) is 0 Å². The van der Waals surface area contributed by atoms with Crippen LogP contribution in [0.25, 0.3) is 21.2 Å². The molecule has 1 unspecified atom stereocenters. The highest BCUT2D eigenvalue weighted by atomic mass is 32.1. The number of hydrogen-bond donors (Lipinski definition) is 0. The highest BCUT2D eigenvalue weighted by Crippen LogP contribution is 2.43. The molecule has 1 amide bonds. The Morgan fingerprint density at radius 2 is 1.88 bits per heavy atom. The van der Waals surface area contributed by atoms with E-state index in [4.69, 9.17) is 9.40 Å². The van der Waals surface area contributed by atoms with Crippen LogP contribution in [0, 0.1) is 5.82 Å². The lowest BCUT2D eigenvalue weighted by Gasteiger charge is -2.22. The molecule has 33 heavy (non-hydrogen) atoms. The monoisotopic (exact) mass is 456 g/mol. The minimum Gasteiger partial charge on any atom is -0.450 e. The van der Waals surface area contributed by atoms with Crippen molar-refractivity contribution in [2.24, 2.45) is 0 Å². The molecule has 3 heterocycles. The Labute approximate surface area is 191 Å². The van der Waals surface area contributed by atoms with E-state index < -0.39 is 23.2 Å². The van der Waals surface area contributed by atoms with Crippen LogP contribution in [0.1, 0.15) is 40.2 Å². The van der Waals surface area contributed by atoms with Gasteiger partial charge in [-0.15, -0.1) is 0 Å². The molecule has 0 spiro atoms. The summed E-state index contributed by atoms with van der Waals surface area (Å²) in [5, 5.41) is 0.597. The zero-order chi connectivity index (χ0) is 22.7. The minimum atomic E-state index is -0.719. The van der Waals surface area contributed by atoms with Crippen LogP contribution in [-0.4, -0.2) is 10.9 Å². The molecule has 1 atom stereocenters. The van der Waals surface area contributed by atoms with E-state index in [0.29, 0.717) is 5.13 Å². The number of aromatic nitrogens is 1. The van der Waals surface area contributed by atoms with Crippen molar-refractivity contribution in [1.29, 1.82) is 0 Å². The fourth-order valence-electron chi connectivity index (χ4n) is 4.37. The van der Waals surface area contributed by atoms with Crippen LogP contribution in [0.5, 0.6) is 0 Å². The fourth-order valence-corrected chi connectivity index (χ4v) is 5.43. The molecule has 5 nitrogen and oxygen atoms in total. The van der Waals surface area contributed by atoms with E-state index in [1.165, 1.54) is 33.9 Å². The lowest BCUT2D eigenvalue weighted by molar-refractivity contribution is 0.0971. The second-order valence-electron chi connectivity index (χ2n) is 7.95. The number of halogens is 1. The molecule has 162 valence electrons. The van der Waals surface area contributed by atoms with Gasteiger partial charge in [0.1, 0.15) is 11.4 Å². The Hall–Kier alpha value is -3.84. The molecule has 1 aliphatic heterocycles. The quantitative estimate of drug-likeness (QED) is 0.341. The van der Waals surface area contributed by atoms with E-state index in [0.717, 1.165) is 28.3 Å². The minimum absolute atomic E-state index is 0.0264. The van der Waals surface area contributed by atoms with Crippen molar-refractivity contribution < 1.29 is 13.6 Å². The third kappa shape index (κ3) is 3.00. The average Bonchev–Trinajstić information content (AvgIpc) is 3.38. The molecule has 7 heteroatoms. The Morgan fingerprint density at radius 3 is 2.67 bits per heavy atom. The van der Waals surface area contributed by atoms with Crippen molar-refractivity contribution in [3.05, 3.63) is 105 Å².